The van der Waals surface area contributed by atoms with E-state index in [1.54, 1.807) is 16.7 Å². The number of aromatic carboxylic acids is 1. The van der Waals surface area contributed by atoms with Crippen LogP contribution in [0.5, 0.6) is 11.5 Å². The van der Waals surface area contributed by atoms with Crippen molar-refractivity contribution in [3.05, 3.63) is 81.1 Å². The van der Waals surface area contributed by atoms with E-state index in [-0.39, 0.29) is 12.2 Å². The quantitative estimate of drug-likeness (QED) is 0.490. The number of aliphatic hydroxyl groups is 1. The lowest BCUT2D eigenvalue weighted by Gasteiger charge is -2.32. The van der Waals surface area contributed by atoms with Crippen molar-refractivity contribution in [3.8, 4) is 22.8 Å². The Hall–Kier alpha value is -3.29. The average molecular weight is 456 g/mol. The normalized spacial score (nSPS) is 14.2. The lowest BCUT2D eigenvalue weighted by Crippen LogP contribution is -2.27. The van der Waals surface area contributed by atoms with Crippen LogP contribution >= 0.6 is 11.6 Å². The molecule has 0 aliphatic carbocycles. The van der Waals surface area contributed by atoms with Gasteiger partial charge in [-0.2, -0.15) is 0 Å². The van der Waals surface area contributed by atoms with Gasteiger partial charge < -0.3 is 24.3 Å². The molecule has 32 heavy (non-hydrogen) atoms. The van der Waals surface area contributed by atoms with Crippen molar-refractivity contribution in [2.45, 2.75) is 25.5 Å². The highest BCUT2D eigenvalue weighted by Crippen LogP contribution is 2.44. The molecule has 0 saturated heterocycles. The number of rotatable bonds is 8. The Bertz CT molecular complexity index is 1190. The zero-order valence-corrected chi connectivity index (χ0v) is 17.9. The number of hydrogen-bond acceptors (Lipinski definition) is 5. The minimum Gasteiger partial charge on any atom is -0.492 e. The molecular weight excluding hydrogens is 434 g/mol. The highest BCUT2D eigenvalue weighted by Gasteiger charge is 2.29. The number of aliphatic hydroxyl groups excluding tert-OH is 1. The first-order valence-corrected chi connectivity index (χ1v) is 10.7. The Kier molecular flexibility index (Phi) is 6.48. The standard InChI is InChI=1S/C24H22ClNO6/c25-18-11-16-19-12-20(28)17(24(29)30)14-26(19)23(15-7-3-1-4-8-15)32-21(16)13-22(18)31-10-6-2-5-9-27/h1,3-4,7-8,11-14,23,27H,2,5-6,9-10H2,(H,29,30). The monoisotopic (exact) mass is 455 g/mol. The number of carboxylic acid groups (broad SMARTS) is 1. The number of fused-ring (bicyclic) bond motifs is 3. The first-order valence-electron chi connectivity index (χ1n) is 10.3. The van der Waals surface area contributed by atoms with Crippen molar-refractivity contribution in [2.75, 3.05) is 13.2 Å². The van der Waals surface area contributed by atoms with Gasteiger partial charge in [0.2, 0.25) is 6.23 Å². The molecule has 0 spiro atoms. The van der Waals surface area contributed by atoms with E-state index < -0.39 is 17.6 Å². The molecule has 1 unspecified atom stereocenters. The molecule has 1 aliphatic rings. The molecule has 4 rings (SSSR count). The number of carboxylic acids is 1. The Morgan fingerprint density at radius 3 is 2.62 bits per heavy atom. The van der Waals surface area contributed by atoms with E-state index in [9.17, 15) is 14.7 Å². The average Bonchev–Trinajstić information content (AvgIpc) is 2.79. The summed E-state index contributed by atoms with van der Waals surface area (Å²) in [7, 11) is 0. The van der Waals surface area contributed by atoms with Crippen LogP contribution in [0.4, 0.5) is 0 Å². The second kappa shape index (κ2) is 9.46. The van der Waals surface area contributed by atoms with Gasteiger partial charge in [-0.05, 0) is 25.3 Å². The summed E-state index contributed by atoms with van der Waals surface area (Å²) in [5, 5.41) is 18.7. The van der Waals surface area contributed by atoms with Gasteiger partial charge in [-0.1, -0.05) is 41.9 Å². The Morgan fingerprint density at radius 1 is 1.12 bits per heavy atom. The second-order valence-electron chi connectivity index (χ2n) is 7.44. The third-order valence-corrected chi connectivity index (χ3v) is 5.55. The molecule has 1 atom stereocenters. The molecule has 1 aromatic heterocycles. The summed E-state index contributed by atoms with van der Waals surface area (Å²) in [6, 6.07) is 14.0. The molecule has 7 nitrogen and oxygen atoms in total. The summed E-state index contributed by atoms with van der Waals surface area (Å²) in [5.41, 5.74) is 0.940. The predicted molar refractivity (Wildman–Crippen MR) is 120 cm³/mol. The maximum Gasteiger partial charge on any atom is 0.341 e. The van der Waals surface area contributed by atoms with Crippen molar-refractivity contribution >= 4 is 17.6 Å². The Labute approximate surface area is 189 Å². The zero-order valence-electron chi connectivity index (χ0n) is 17.2. The fourth-order valence-electron chi connectivity index (χ4n) is 3.66. The number of pyridine rings is 1. The van der Waals surface area contributed by atoms with Crippen LogP contribution in [0.2, 0.25) is 5.02 Å². The van der Waals surface area contributed by atoms with Crippen molar-refractivity contribution < 1.29 is 24.5 Å². The van der Waals surface area contributed by atoms with E-state index >= 15 is 0 Å². The molecule has 2 heterocycles. The number of nitrogens with zero attached hydrogens (tertiary/aromatic N) is 1. The third kappa shape index (κ3) is 4.35. The first-order chi connectivity index (χ1) is 15.5. The smallest absolute Gasteiger partial charge is 0.341 e. The lowest BCUT2D eigenvalue weighted by atomic mass is 10.0. The van der Waals surface area contributed by atoms with Crippen LogP contribution in [0.3, 0.4) is 0 Å². The van der Waals surface area contributed by atoms with E-state index in [0.717, 1.165) is 18.4 Å². The molecular formula is C24H22ClNO6. The van der Waals surface area contributed by atoms with Gasteiger partial charge in [0, 0.05) is 36.1 Å². The second-order valence-corrected chi connectivity index (χ2v) is 7.85. The van der Waals surface area contributed by atoms with E-state index in [4.69, 9.17) is 26.2 Å². The largest absolute Gasteiger partial charge is 0.492 e. The van der Waals surface area contributed by atoms with Crippen LogP contribution in [0, 0.1) is 0 Å². The van der Waals surface area contributed by atoms with Crippen molar-refractivity contribution in [3.63, 3.8) is 0 Å². The molecule has 8 heteroatoms. The SMILES string of the molecule is O=C(O)c1cn2c(cc1=O)-c1cc(Cl)c(OCCCCCO)cc1OC2c1ccccc1. The highest BCUT2D eigenvalue weighted by molar-refractivity contribution is 6.32. The van der Waals surface area contributed by atoms with Gasteiger partial charge in [-0.3, -0.25) is 4.79 Å². The number of carbonyl (C=O) groups is 1. The minimum absolute atomic E-state index is 0.149. The third-order valence-electron chi connectivity index (χ3n) is 5.26. The van der Waals surface area contributed by atoms with Crippen molar-refractivity contribution in [1.82, 2.24) is 4.57 Å². The maximum absolute atomic E-state index is 12.5. The molecule has 0 bridgehead atoms. The molecule has 0 saturated carbocycles. The zero-order chi connectivity index (χ0) is 22.7. The van der Waals surface area contributed by atoms with Crippen LogP contribution < -0.4 is 14.9 Å². The summed E-state index contributed by atoms with van der Waals surface area (Å²) in [5.74, 6) is -0.360. The van der Waals surface area contributed by atoms with Crippen molar-refractivity contribution in [1.29, 1.82) is 0 Å². The van der Waals surface area contributed by atoms with Gasteiger partial charge >= 0.3 is 5.97 Å². The van der Waals surface area contributed by atoms with Crippen molar-refractivity contribution in [2.24, 2.45) is 0 Å². The number of unbranched alkanes of at least 4 members (excludes halogenated alkanes) is 2. The van der Waals surface area contributed by atoms with Crippen LogP contribution in [-0.4, -0.2) is 34.0 Å². The summed E-state index contributed by atoms with van der Waals surface area (Å²) >= 11 is 6.44. The topological polar surface area (TPSA) is 98.0 Å². The molecule has 2 aromatic carbocycles. The Balaban J connectivity index is 1.77. The van der Waals surface area contributed by atoms with E-state index in [0.29, 0.717) is 40.8 Å². The number of halogens is 1. The number of aromatic nitrogens is 1. The van der Waals surface area contributed by atoms with Crippen LogP contribution in [-0.2, 0) is 0 Å². The van der Waals surface area contributed by atoms with E-state index in [1.807, 2.05) is 30.3 Å². The summed E-state index contributed by atoms with van der Waals surface area (Å²) in [6.45, 7) is 0.593. The molecule has 1 aliphatic heterocycles. The first kappa shape index (κ1) is 21.9. The van der Waals surface area contributed by atoms with Gasteiger partial charge in [0.05, 0.1) is 17.3 Å². The van der Waals surface area contributed by atoms with Crippen LogP contribution in [0.1, 0.15) is 41.4 Å². The minimum atomic E-state index is -1.30. The predicted octanol–water partition coefficient (Wildman–Crippen LogP) is 4.35. The van der Waals surface area contributed by atoms with E-state index in [1.165, 1.54) is 12.3 Å². The Morgan fingerprint density at radius 2 is 1.91 bits per heavy atom. The molecule has 2 N–H and O–H groups in total. The summed E-state index contributed by atoms with van der Waals surface area (Å²) in [6.07, 6.45) is 2.97. The van der Waals surface area contributed by atoms with E-state index in [2.05, 4.69) is 0 Å². The number of hydrogen-bond donors (Lipinski definition) is 2. The molecule has 0 radical (unpaired) electrons. The van der Waals surface area contributed by atoms with Gasteiger partial charge in [-0.25, -0.2) is 4.79 Å². The summed E-state index contributed by atoms with van der Waals surface area (Å²) in [4.78, 5) is 24.0. The maximum atomic E-state index is 12.5. The lowest BCUT2D eigenvalue weighted by molar-refractivity contribution is 0.0693. The highest BCUT2D eigenvalue weighted by atomic mass is 35.5. The van der Waals surface area contributed by atoms with Crippen LogP contribution in [0.15, 0.2) is 59.5 Å². The van der Waals surface area contributed by atoms with Gasteiger partial charge in [-0.15, -0.1) is 0 Å². The fourth-order valence-corrected chi connectivity index (χ4v) is 3.88. The fraction of sp³-hybridized carbons (Fsp3) is 0.250. The van der Waals surface area contributed by atoms with Crippen LogP contribution in [0.25, 0.3) is 11.3 Å². The van der Waals surface area contributed by atoms with Gasteiger partial charge in [0.1, 0.15) is 17.1 Å². The molecule has 166 valence electrons. The number of benzene rings is 2. The van der Waals surface area contributed by atoms with Gasteiger partial charge in [0.25, 0.3) is 0 Å². The molecule has 0 amide bonds. The molecule has 0 fully saturated rings. The van der Waals surface area contributed by atoms with Gasteiger partial charge in [0.15, 0.2) is 5.43 Å². The summed E-state index contributed by atoms with van der Waals surface area (Å²) < 4.78 is 13.7. The number of ether oxygens (including phenoxy) is 2. The molecule has 3 aromatic rings.